The Bertz CT molecular complexity index is 1330. The summed E-state index contributed by atoms with van der Waals surface area (Å²) in [6.07, 6.45) is 0. The lowest BCUT2D eigenvalue weighted by molar-refractivity contribution is -0.736. The van der Waals surface area contributed by atoms with Crippen molar-refractivity contribution in [2.75, 3.05) is 0 Å². The van der Waals surface area contributed by atoms with Crippen molar-refractivity contribution < 1.29 is 17.0 Å². The zero-order valence-electron chi connectivity index (χ0n) is 25.3. The Morgan fingerprint density at radius 1 is 1.00 bits per heavy atom. The van der Waals surface area contributed by atoms with Crippen LogP contribution in [-0.4, -0.2) is 9.67 Å². The standard InChI is InChI=1S/C24H30N3/c1-15-12-16(2)14-18(13-15)21-25-22-24(6,7)23(4,5)19-11-9-10-17(3)20(19)27(22)26(21)8/h9-14H,1-8H3/q+1/i4D3,5D3,6D3. The van der Waals surface area contributed by atoms with Gasteiger partial charge in [-0.1, -0.05) is 38.0 Å². The monoisotopic (exact) mass is 369 g/mol. The first-order valence-corrected chi connectivity index (χ1v) is 8.99. The largest absolute Gasteiger partial charge is 0.351 e. The molecule has 27 heavy (non-hydrogen) atoms. The molecule has 1 atom stereocenters. The summed E-state index contributed by atoms with van der Waals surface area (Å²) in [7, 11) is 1.72. The molecule has 0 aliphatic carbocycles. The molecule has 1 aliphatic heterocycles. The molecular formula is C24H30N3+. The lowest BCUT2D eigenvalue weighted by atomic mass is 9.61. The quantitative estimate of drug-likeness (QED) is 0.562. The van der Waals surface area contributed by atoms with Gasteiger partial charge < -0.3 is 0 Å². The fourth-order valence-corrected chi connectivity index (χ4v) is 4.07. The Morgan fingerprint density at radius 3 is 2.30 bits per heavy atom. The topological polar surface area (TPSA) is 21.7 Å². The van der Waals surface area contributed by atoms with E-state index in [-0.39, 0.29) is 11.4 Å². The van der Waals surface area contributed by atoms with E-state index in [2.05, 4.69) is 0 Å². The van der Waals surface area contributed by atoms with Gasteiger partial charge in [0.25, 0.3) is 5.82 Å². The van der Waals surface area contributed by atoms with E-state index in [1.54, 1.807) is 35.5 Å². The lowest BCUT2D eigenvalue weighted by Crippen LogP contribution is -2.51. The molecule has 0 N–H and O–H groups in total. The van der Waals surface area contributed by atoms with Crippen LogP contribution >= 0.6 is 0 Å². The van der Waals surface area contributed by atoms with Crippen molar-refractivity contribution in [3.8, 4) is 17.1 Å². The molecule has 1 aliphatic rings. The molecule has 3 nitrogen and oxygen atoms in total. The van der Waals surface area contributed by atoms with Gasteiger partial charge in [0.1, 0.15) is 7.05 Å². The molecule has 0 saturated carbocycles. The second-order valence-electron chi connectivity index (χ2n) is 7.82. The number of rotatable bonds is 1. The molecule has 4 rings (SSSR count). The highest BCUT2D eigenvalue weighted by Crippen LogP contribution is 2.49. The van der Waals surface area contributed by atoms with E-state index in [1.807, 2.05) is 32.0 Å². The maximum Gasteiger partial charge on any atom is 0.351 e. The van der Waals surface area contributed by atoms with E-state index in [0.717, 1.165) is 11.1 Å². The smallest absolute Gasteiger partial charge is 0.147 e. The zero-order chi connectivity index (χ0) is 27.2. The molecule has 0 radical (unpaired) electrons. The summed E-state index contributed by atoms with van der Waals surface area (Å²) in [6.45, 7) is -2.61. The minimum atomic E-state index is -3.21. The third kappa shape index (κ3) is 2.33. The summed E-state index contributed by atoms with van der Waals surface area (Å²) in [5, 5.41) is 0. The second-order valence-corrected chi connectivity index (χ2v) is 7.82. The molecule has 140 valence electrons. The number of para-hydroxylation sites is 1. The summed E-state index contributed by atoms with van der Waals surface area (Å²) in [6, 6.07) is 10.6. The molecule has 1 aromatic heterocycles. The first kappa shape index (κ1) is 10.2. The SMILES string of the molecule is [2H]C([2H])([2H])C1(C)c2nc(-c3cc(C)cc(C)c3)[n+](C)n2-c2c(C)cccc2C1(C([2H])([2H])[2H])C([2H])([2H])[2H]. The van der Waals surface area contributed by atoms with Gasteiger partial charge in [0.2, 0.25) is 0 Å². The van der Waals surface area contributed by atoms with Crippen molar-refractivity contribution in [1.29, 1.82) is 0 Å². The fraction of sp³-hybridized carbons (Fsp3) is 0.417. The molecule has 2 heterocycles. The predicted octanol–water partition coefficient (Wildman–Crippen LogP) is 4.86. The van der Waals surface area contributed by atoms with Crippen LogP contribution in [0, 0.1) is 20.8 Å². The molecule has 1 unspecified atom stereocenters. The molecule has 0 amide bonds. The van der Waals surface area contributed by atoms with E-state index in [9.17, 15) is 0 Å². The Hall–Kier alpha value is -2.42. The van der Waals surface area contributed by atoms with Crippen LogP contribution < -0.4 is 4.68 Å². The van der Waals surface area contributed by atoms with Gasteiger partial charge in [0.05, 0.1) is 16.7 Å². The molecule has 3 aromatic rings. The van der Waals surface area contributed by atoms with Crippen LogP contribution in [-0.2, 0) is 17.9 Å². The minimum absolute atomic E-state index is 0.0476. The third-order valence-corrected chi connectivity index (χ3v) is 5.55. The van der Waals surface area contributed by atoms with Crippen LogP contribution in [0.2, 0.25) is 0 Å². The lowest BCUT2D eigenvalue weighted by Gasteiger charge is -2.44. The van der Waals surface area contributed by atoms with E-state index in [0.29, 0.717) is 22.6 Å². The van der Waals surface area contributed by atoms with Gasteiger partial charge >= 0.3 is 5.82 Å². The minimum Gasteiger partial charge on any atom is -0.147 e. The first-order chi connectivity index (χ1) is 16.3. The molecular weight excluding hydrogens is 330 g/mol. The van der Waals surface area contributed by atoms with Crippen molar-refractivity contribution in [2.24, 2.45) is 7.05 Å². The number of nitrogens with zero attached hydrogens (tertiary/aromatic N) is 3. The number of hydrogen-bond donors (Lipinski definition) is 0. The summed E-state index contributed by atoms with van der Waals surface area (Å²) < 4.78 is 80.4. The van der Waals surface area contributed by atoms with Crippen molar-refractivity contribution in [1.82, 2.24) is 9.67 Å². The summed E-state index contributed by atoms with van der Waals surface area (Å²) >= 11 is 0. The Morgan fingerprint density at radius 2 is 1.67 bits per heavy atom. The zero-order valence-corrected chi connectivity index (χ0v) is 16.3. The average Bonchev–Trinajstić information content (AvgIpc) is 3.02. The van der Waals surface area contributed by atoms with Crippen molar-refractivity contribution >= 4 is 0 Å². The van der Waals surface area contributed by atoms with E-state index >= 15 is 0 Å². The van der Waals surface area contributed by atoms with E-state index in [1.165, 1.54) is 13.0 Å². The van der Waals surface area contributed by atoms with Gasteiger partial charge in [0.15, 0.2) is 0 Å². The maximum atomic E-state index is 8.59. The van der Waals surface area contributed by atoms with Crippen LogP contribution in [0.5, 0.6) is 0 Å². The highest BCUT2D eigenvalue weighted by atomic mass is 15.5. The third-order valence-electron chi connectivity index (χ3n) is 5.55. The van der Waals surface area contributed by atoms with Gasteiger partial charge in [-0.05, 0) is 73.9 Å². The van der Waals surface area contributed by atoms with Gasteiger partial charge in [-0.3, -0.25) is 0 Å². The Kier molecular flexibility index (Phi) is 2.10. The van der Waals surface area contributed by atoms with E-state index in [4.69, 9.17) is 17.3 Å². The molecule has 0 fully saturated rings. The van der Waals surface area contributed by atoms with Gasteiger partial charge in [0, 0.05) is 17.8 Å². The summed E-state index contributed by atoms with van der Waals surface area (Å²) in [5.41, 5.74) is -1.59. The Balaban J connectivity index is 2.31. The summed E-state index contributed by atoms with van der Waals surface area (Å²) in [5.74, 6) is 0.293. The van der Waals surface area contributed by atoms with E-state index < -0.39 is 31.4 Å². The highest BCUT2D eigenvalue weighted by Gasteiger charge is 2.53. The van der Waals surface area contributed by atoms with Crippen LogP contribution in [0.25, 0.3) is 17.1 Å². The maximum absolute atomic E-state index is 8.59. The number of hydrogen-bond acceptors (Lipinski definition) is 1. The van der Waals surface area contributed by atoms with Gasteiger partial charge in [-0.15, -0.1) is 9.36 Å². The first-order valence-electron chi connectivity index (χ1n) is 13.5. The van der Waals surface area contributed by atoms with Crippen molar-refractivity contribution in [2.45, 2.75) is 59.1 Å². The van der Waals surface area contributed by atoms with Gasteiger partial charge in [-0.2, -0.15) is 0 Å². The predicted molar refractivity (Wildman–Crippen MR) is 110 cm³/mol. The molecule has 0 saturated heterocycles. The number of benzene rings is 2. The molecule has 2 aromatic carbocycles. The number of aromatic nitrogens is 3. The second kappa shape index (κ2) is 5.54. The van der Waals surface area contributed by atoms with Gasteiger partial charge in [-0.25, -0.2) is 0 Å². The average molecular weight is 370 g/mol. The Labute approximate surface area is 175 Å². The van der Waals surface area contributed by atoms with Crippen LogP contribution in [0.15, 0.2) is 36.4 Å². The molecule has 0 spiro atoms. The fourth-order valence-electron chi connectivity index (χ4n) is 4.07. The molecule has 0 bridgehead atoms. The number of fused-ring (bicyclic) bond motifs is 3. The molecule has 3 heteroatoms. The van der Waals surface area contributed by atoms with Crippen LogP contribution in [0.3, 0.4) is 0 Å². The van der Waals surface area contributed by atoms with Crippen molar-refractivity contribution in [3.63, 3.8) is 0 Å². The van der Waals surface area contributed by atoms with Crippen LogP contribution in [0.1, 0.15) is 67.9 Å². The van der Waals surface area contributed by atoms with Crippen molar-refractivity contribution in [3.05, 3.63) is 64.5 Å². The summed E-state index contributed by atoms with van der Waals surface area (Å²) in [4.78, 5) is 4.75. The van der Waals surface area contributed by atoms with Crippen LogP contribution in [0.4, 0.5) is 0 Å². The highest BCUT2D eigenvalue weighted by molar-refractivity contribution is 5.59. The number of aryl methyl sites for hydroxylation is 3. The normalized spacial score (nSPS) is 26.6.